The first kappa shape index (κ1) is 13.1. The molecule has 2 aromatic rings. The van der Waals surface area contributed by atoms with Crippen LogP contribution in [0.5, 0.6) is 5.75 Å². The fourth-order valence-electron chi connectivity index (χ4n) is 1.69. The maximum absolute atomic E-state index is 11.8. The minimum Gasteiger partial charge on any atom is -0.508 e. The molecular weight excluding hydrogens is 240 g/mol. The first-order valence-electron chi connectivity index (χ1n) is 6.14. The van der Waals surface area contributed by atoms with Crippen LogP contribution in [0.25, 0.3) is 0 Å². The molecule has 1 aromatic carbocycles. The molecule has 4 nitrogen and oxygen atoms in total. The number of aryl methyl sites for hydroxylation is 1. The van der Waals surface area contributed by atoms with Crippen LogP contribution in [0.2, 0.25) is 0 Å². The maximum Gasteiger partial charge on any atom is 0.252 e. The molecule has 1 heterocycles. The summed E-state index contributed by atoms with van der Waals surface area (Å²) in [6, 6.07) is 10.5. The predicted octanol–water partition coefficient (Wildman–Crippen LogP) is 2.07. The Morgan fingerprint density at radius 3 is 2.58 bits per heavy atom. The van der Waals surface area contributed by atoms with Gasteiger partial charge in [-0.15, -0.1) is 0 Å². The van der Waals surface area contributed by atoms with Crippen molar-refractivity contribution in [1.82, 2.24) is 10.3 Å². The monoisotopic (exact) mass is 256 g/mol. The number of aromatic nitrogens is 1. The van der Waals surface area contributed by atoms with Crippen molar-refractivity contribution in [3.8, 4) is 5.75 Å². The Morgan fingerprint density at radius 2 is 1.95 bits per heavy atom. The third-order valence-electron chi connectivity index (χ3n) is 2.81. The summed E-state index contributed by atoms with van der Waals surface area (Å²) in [6.45, 7) is 2.43. The maximum atomic E-state index is 11.8. The van der Waals surface area contributed by atoms with Crippen molar-refractivity contribution < 1.29 is 9.90 Å². The molecule has 2 rings (SSSR count). The van der Waals surface area contributed by atoms with Crippen molar-refractivity contribution in [3.05, 3.63) is 59.4 Å². The smallest absolute Gasteiger partial charge is 0.252 e. The van der Waals surface area contributed by atoms with Crippen LogP contribution in [0.15, 0.2) is 42.6 Å². The van der Waals surface area contributed by atoms with E-state index in [0.29, 0.717) is 12.1 Å². The van der Waals surface area contributed by atoms with Crippen LogP contribution in [0.3, 0.4) is 0 Å². The summed E-state index contributed by atoms with van der Waals surface area (Å²) >= 11 is 0. The molecule has 4 heteroatoms. The Labute approximate surface area is 112 Å². The van der Waals surface area contributed by atoms with Gasteiger partial charge in [0.1, 0.15) is 5.75 Å². The molecule has 0 unspecified atom stereocenters. The molecule has 1 aromatic heterocycles. The van der Waals surface area contributed by atoms with Gasteiger partial charge >= 0.3 is 0 Å². The molecule has 0 saturated carbocycles. The van der Waals surface area contributed by atoms with Crippen LogP contribution in [0, 0.1) is 6.92 Å². The molecule has 0 aliphatic heterocycles. The summed E-state index contributed by atoms with van der Waals surface area (Å²) in [5, 5.41) is 12.0. The van der Waals surface area contributed by atoms with Gasteiger partial charge in [0.15, 0.2) is 0 Å². The molecule has 0 spiro atoms. The van der Waals surface area contributed by atoms with Crippen LogP contribution in [0.1, 0.15) is 21.6 Å². The quantitative estimate of drug-likeness (QED) is 0.880. The Balaban J connectivity index is 1.84. The molecular formula is C15H16N2O2. The molecule has 0 bridgehead atoms. The van der Waals surface area contributed by atoms with Gasteiger partial charge in [0, 0.05) is 18.4 Å². The summed E-state index contributed by atoms with van der Waals surface area (Å²) < 4.78 is 0. The first-order chi connectivity index (χ1) is 9.15. The summed E-state index contributed by atoms with van der Waals surface area (Å²) in [6.07, 6.45) is 2.30. The van der Waals surface area contributed by atoms with Crippen LogP contribution >= 0.6 is 0 Å². The van der Waals surface area contributed by atoms with Gasteiger partial charge in [0.2, 0.25) is 0 Å². The number of nitrogens with zero attached hydrogens (tertiary/aromatic N) is 1. The Hall–Kier alpha value is -2.36. The van der Waals surface area contributed by atoms with Gasteiger partial charge in [-0.25, -0.2) is 0 Å². The molecule has 1 amide bonds. The summed E-state index contributed by atoms with van der Waals surface area (Å²) in [4.78, 5) is 15.9. The fourth-order valence-corrected chi connectivity index (χ4v) is 1.69. The number of carbonyl (C=O) groups excluding carboxylic acids is 1. The summed E-state index contributed by atoms with van der Waals surface area (Å²) in [5.74, 6) is 0.129. The van der Waals surface area contributed by atoms with Gasteiger partial charge in [-0.05, 0) is 43.2 Å². The second kappa shape index (κ2) is 6.00. The van der Waals surface area contributed by atoms with E-state index in [1.54, 1.807) is 24.4 Å². The van der Waals surface area contributed by atoms with E-state index >= 15 is 0 Å². The Morgan fingerprint density at radius 1 is 1.21 bits per heavy atom. The standard InChI is InChI=1S/C15H16N2O2/c1-11-2-5-13(10-17-11)15(19)16-9-8-12-3-6-14(18)7-4-12/h2-7,10,18H,8-9H2,1H3,(H,16,19). The minimum atomic E-state index is -0.119. The average Bonchev–Trinajstić information content (AvgIpc) is 2.41. The summed E-state index contributed by atoms with van der Waals surface area (Å²) in [7, 11) is 0. The number of nitrogens with one attached hydrogen (secondary N) is 1. The molecule has 0 atom stereocenters. The zero-order chi connectivity index (χ0) is 13.7. The number of pyridine rings is 1. The predicted molar refractivity (Wildman–Crippen MR) is 73.1 cm³/mol. The number of phenols is 1. The highest BCUT2D eigenvalue weighted by atomic mass is 16.3. The van der Waals surface area contributed by atoms with E-state index in [9.17, 15) is 4.79 Å². The molecule has 0 fully saturated rings. The van der Waals surface area contributed by atoms with Crippen molar-refractivity contribution in [2.45, 2.75) is 13.3 Å². The number of amides is 1. The molecule has 2 N–H and O–H groups in total. The van der Waals surface area contributed by atoms with Gasteiger partial charge in [-0.3, -0.25) is 9.78 Å². The van der Waals surface area contributed by atoms with Gasteiger partial charge in [0.05, 0.1) is 5.56 Å². The van der Waals surface area contributed by atoms with Crippen LogP contribution in [-0.2, 0) is 6.42 Å². The first-order valence-corrected chi connectivity index (χ1v) is 6.14. The molecule has 19 heavy (non-hydrogen) atoms. The third-order valence-corrected chi connectivity index (χ3v) is 2.81. The van der Waals surface area contributed by atoms with Crippen molar-refractivity contribution in [2.24, 2.45) is 0 Å². The van der Waals surface area contributed by atoms with Gasteiger partial charge in [-0.2, -0.15) is 0 Å². The second-order valence-corrected chi connectivity index (χ2v) is 4.36. The van der Waals surface area contributed by atoms with Gasteiger partial charge in [-0.1, -0.05) is 12.1 Å². The highest BCUT2D eigenvalue weighted by Gasteiger charge is 2.04. The number of phenolic OH excluding ortho intramolecular Hbond substituents is 1. The zero-order valence-electron chi connectivity index (χ0n) is 10.8. The van der Waals surface area contributed by atoms with Crippen LogP contribution in [0.4, 0.5) is 0 Å². The zero-order valence-corrected chi connectivity index (χ0v) is 10.8. The van der Waals surface area contributed by atoms with Crippen LogP contribution < -0.4 is 5.32 Å². The lowest BCUT2D eigenvalue weighted by Gasteiger charge is -2.05. The number of hydrogen-bond donors (Lipinski definition) is 2. The highest BCUT2D eigenvalue weighted by Crippen LogP contribution is 2.09. The minimum absolute atomic E-state index is 0.119. The van der Waals surface area contributed by atoms with E-state index in [2.05, 4.69) is 10.3 Å². The SMILES string of the molecule is Cc1ccc(C(=O)NCCc2ccc(O)cc2)cn1. The van der Waals surface area contributed by atoms with Gasteiger partial charge in [0.25, 0.3) is 5.91 Å². The van der Waals surface area contributed by atoms with E-state index in [1.807, 2.05) is 25.1 Å². The Kier molecular flexibility index (Phi) is 4.13. The van der Waals surface area contributed by atoms with Crippen molar-refractivity contribution in [3.63, 3.8) is 0 Å². The molecule has 0 aliphatic rings. The van der Waals surface area contributed by atoms with Crippen molar-refractivity contribution in [2.75, 3.05) is 6.54 Å². The lowest BCUT2D eigenvalue weighted by Crippen LogP contribution is -2.25. The molecule has 0 aliphatic carbocycles. The number of rotatable bonds is 4. The highest BCUT2D eigenvalue weighted by molar-refractivity contribution is 5.93. The van der Waals surface area contributed by atoms with E-state index < -0.39 is 0 Å². The van der Waals surface area contributed by atoms with Crippen molar-refractivity contribution in [1.29, 1.82) is 0 Å². The van der Waals surface area contributed by atoms with E-state index in [0.717, 1.165) is 17.7 Å². The third kappa shape index (κ3) is 3.81. The number of benzene rings is 1. The second-order valence-electron chi connectivity index (χ2n) is 4.36. The Bertz CT molecular complexity index is 547. The average molecular weight is 256 g/mol. The normalized spacial score (nSPS) is 10.2. The van der Waals surface area contributed by atoms with E-state index in [4.69, 9.17) is 5.11 Å². The lowest BCUT2D eigenvalue weighted by atomic mass is 10.1. The van der Waals surface area contributed by atoms with E-state index in [1.165, 1.54) is 0 Å². The summed E-state index contributed by atoms with van der Waals surface area (Å²) in [5.41, 5.74) is 2.53. The lowest BCUT2D eigenvalue weighted by molar-refractivity contribution is 0.0954. The van der Waals surface area contributed by atoms with E-state index in [-0.39, 0.29) is 11.7 Å². The number of hydrogen-bond acceptors (Lipinski definition) is 3. The van der Waals surface area contributed by atoms with Crippen LogP contribution in [-0.4, -0.2) is 22.5 Å². The fraction of sp³-hybridized carbons (Fsp3) is 0.200. The number of carbonyl (C=O) groups is 1. The molecule has 98 valence electrons. The van der Waals surface area contributed by atoms with Crippen molar-refractivity contribution >= 4 is 5.91 Å². The largest absolute Gasteiger partial charge is 0.508 e. The molecule has 0 saturated heterocycles. The topological polar surface area (TPSA) is 62.2 Å². The van der Waals surface area contributed by atoms with Gasteiger partial charge < -0.3 is 10.4 Å². The molecule has 0 radical (unpaired) electrons. The number of aromatic hydroxyl groups is 1.